The van der Waals surface area contributed by atoms with Crippen LogP contribution in [0.3, 0.4) is 0 Å². The van der Waals surface area contributed by atoms with Crippen molar-refractivity contribution in [3.05, 3.63) is 0 Å². The Balaban J connectivity index is 2.88. The highest BCUT2D eigenvalue weighted by molar-refractivity contribution is 7.80. The summed E-state index contributed by atoms with van der Waals surface area (Å²) in [7, 11) is 0. The second-order valence-corrected chi connectivity index (χ2v) is 6.47. The number of amides is 4. The number of carbonyl (C=O) groups is 5. The summed E-state index contributed by atoms with van der Waals surface area (Å²) in [5.74, 6) is -3.71. The number of carboxylic acid groups (broad SMARTS) is 1. The molecule has 0 aromatic carbocycles. The van der Waals surface area contributed by atoms with Crippen LogP contribution in [0.4, 0.5) is 0 Å². The fourth-order valence-electron chi connectivity index (χ4n) is 2.75. The Morgan fingerprint density at radius 2 is 1.85 bits per heavy atom. The van der Waals surface area contributed by atoms with Crippen LogP contribution in [0.25, 0.3) is 0 Å². The first kappa shape index (κ1) is 22.7. The van der Waals surface area contributed by atoms with Crippen molar-refractivity contribution in [1.82, 2.24) is 15.5 Å². The molecule has 0 saturated carbocycles. The third-order valence-electron chi connectivity index (χ3n) is 4.13. The first-order chi connectivity index (χ1) is 12.7. The lowest BCUT2D eigenvalue weighted by Gasteiger charge is -2.29. The zero-order valence-corrected chi connectivity index (χ0v) is 15.6. The van der Waals surface area contributed by atoms with Gasteiger partial charge in [0.2, 0.25) is 23.6 Å². The minimum atomic E-state index is -1.23. The Morgan fingerprint density at radius 1 is 1.19 bits per heavy atom. The van der Waals surface area contributed by atoms with Gasteiger partial charge in [-0.1, -0.05) is 0 Å². The molecule has 1 heterocycles. The molecular formula is C15H25N5O6S. The number of nitrogens with zero attached hydrogens (tertiary/aromatic N) is 1. The van der Waals surface area contributed by atoms with Gasteiger partial charge in [0.25, 0.3) is 0 Å². The Kier molecular flexibility index (Phi) is 9.02. The number of likely N-dealkylation sites (tertiary alicyclic amines) is 1. The highest BCUT2D eigenvalue weighted by atomic mass is 32.1. The monoisotopic (exact) mass is 403 g/mol. The minimum absolute atomic E-state index is 0.0286. The number of hydrogen-bond donors (Lipinski definition) is 6. The van der Waals surface area contributed by atoms with E-state index < -0.39 is 47.7 Å². The average Bonchev–Trinajstić information content (AvgIpc) is 3.11. The van der Waals surface area contributed by atoms with Crippen LogP contribution in [-0.4, -0.2) is 76.6 Å². The molecule has 1 aliphatic rings. The topological polar surface area (TPSA) is 185 Å². The van der Waals surface area contributed by atoms with Gasteiger partial charge < -0.3 is 32.1 Å². The highest BCUT2D eigenvalue weighted by Gasteiger charge is 2.38. The second kappa shape index (κ2) is 10.7. The van der Waals surface area contributed by atoms with E-state index in [1.807, 2.05) is 0 Å². The maximum Gasteiger partial charge on any atom is 0.327 e. The lowest BCUT2D eigenvalue weighted by molar-refractivity contribution is -0.144. The number of thiol groups is 1. The molecule has 0 aliphatic carbocycles. The van der Waals surface area contributed by atoms with E-state index in [9.17, 15) is 24.0 Å². The third kappa shape index (κ3) is 6.71. The smallest absolute Gasteiger partial charge is 0.327 e. The van der Waals surface area contributed by atoms with Crippen molar-refractivity contribution in [2.45, 2.75) is 43.8 Å². The van der Waals surface area contributed by atoms with Crippen molar-refractivity contribution in [2.24, 2.45) is 11.5 Å². The van der Waals surface area contributed by atoms with Crippen LogP contribution in [0.2, 0.25) is 0 Å². The number of nitrogens with one attached hydrogen (secondary N) is 2. The van der Waals surface area contributed by atoms with E-state index in [0.717, 1.165) is 0 Å². The summed E-state index contributed by atoms with van der Waals surface area (Å²) in [5.41, 5.74) is 10.4. The zero-order chi connectivity index (χ0) is 20.6. The van der Waals surface area contributed by atoms with E-state index in [1.54, 1.807) is 0 Å². The molecule has 3 atom stereocenters. The van der Waals surface area contributed by atoms with Gasteiger partial charge in [-0.15, -0.1) is 0 Å². The summed E-state index contributed by atoms with van der Waals surface area (Å²) in [6.07, 6.45) is 0.728. The first-order valence-electron chi connectivity index (χ1n) is 8.43. The maximum atomic E-state index is 12.8. The molecule has 12 heteroatoms. The first-order valence-corrected chi connectivity index (χ1v) is 9.06. The van der Waals surface area contributed by atoms with Crippen molar-refractivity contribution in [1.29, 1.82) is 0 Å². The largest absolute Gasteiger partial charge is 0.480 e. The molecule has 1 aliphatic heterocycles. The number of nitrogens with two attached hydrogens (primary N) is 2. The van der Waals surface area contributed by atoms with Crippen molar-refractivity contribution in [2.75, 3.05) is 18.8 Å². The van der Waals surface area contributed by atoms with Crippen LogP contribution in [0, 0.1) is 0 Å². The number of carbonyl (C=O) groups excluding carboxylic acids is 4. The molecule has 7 N–H and O–H groups in total. The van der Waals surface area contributed by atoms with Crippen molar-refractivity contribution in [3.63, 3.8) is 0 Å². The van der Waals surface area contributed by atoms with Crippen LogP contribution < -0.4 is 22.1 Å². The molecule has 11 nitrogen and oxygen atoms in total. The lowest BCUT2D eigenvalue weighted by Crippen LogP contribution is -2.56. The second-order valence-electron chi connectivity index (χ2n) is 6.10. The number of carboxylic acids is 1. The Labute approximate surface area is 161 Å². The number of primary amides is 1. The standard InChI is InChI=1S/C15H25N5O6S/c16-6-12(22)18-8(3-4-11(17)21)14(24)20-5-1-2-10(20)13(23)19-9(7-27)15(25)26/h8-10,27H,1-7,16H2,(H2,17,21)(H,18,22)(H,19,23)(H,25,26). The van der Waals surface area contributed by atoms with E-state index in [0.29, 0.717) is 12.8 Å². The fraction of sp³-hybridized carbons (Fsp3) is 0.667. The van der Waals surface area contributed by atoms with Gasteiger partial charge in [-0.3, -0.25) is 19.2 Å². The molecule has 0 aromatic rings. The summed E-state index contributed by atoms with van der Waals surface area (Å²) < 4.78 is 0. The molecule has 1 rings (SSSR count). The molecule has 0 bridgehead atoms. The van der Waals surface area contributed by atoms with E-state index >= 15 is 0 Å². The predicted octanol–water partition coefficient (Wildman–Crippen LogP) is -2.81. The van der Waals surface area contributed by atoms with Gasteiger partial charge in [0.05, 0.1) is 6.54 Å². The molecule has 3 unspecified atom stereocenters. The van der Waals surface area contributed by atoms with Gasteiger partial charge in [0, 0.05) is 18.7 Å². The van der Waals surface area contributed by atoms with Gasteiger partial charge in [-0.2, -0.15) is 12.6 Å². The van der Waals surface area contributed by atoms with Gasteiger partial charge in [0.1, 0.15) is 18.1 Å². The molecular weight excluding hydrogens is 378 g/mol. The minimum Gasteiger partial charge on any atom is -0.480 e. The summed E-state index contributed by atoms with van der Waals surface area (Å²) in [6.45, 7) is -0.0758. The number of hydrogen-bond acceptors (Lipinski definition) is 7. The predicted molar refractivity (Wildman–Crippen MR) is 97.6 cm³/mol. The van der Waals surface area contributed by atoms with E-state index in [2.05, 4.69) is 23.3 Å². The van der Waals surface area contributed by atoms with Crippen molar-refractivity contribution < 1.29 is 29.1 Å². The zero-order valence-electron chi connectivity index (χ0n) is 14.7. The summed E-state index contributed by atoms with van der Waals surface area (Å²) in [5, 5.41) is 13.8. The van der Waals surface area contributed by atoms with Crippen LogP contribution >= 0.6 is 12.6 Å². The van der Waals surface area contributed by atoms with Crippen LogP contribution in [-0.2, 0) is 24.0 Å². The van der Waals surface area contributed by atoms with Gasteiger partial charge in [0.15, 0.2) is 0 Å². The normalized spacial score (nSPS) is 18.4. The molecule has 0 spiro atoms. The van der Waals surface area contributed by atoms with Crippen LogP contribution in [0.15, 0.2) is 0 Å². The SMILES string of the molecule is NCC(=O)NC(CCC(N)=O)C(=O)N1CCCC1C(=O)NC(CS)C(=O)O. The van der Waals surface area contributed by atoms with Crippen molar-refractivity contribution >= 4 is 42.2 Å². The summed E-state index contributed by atoms with van der Waals surface area (Å²) >= 11 is 3.88. The lowest BCUT2D eigenvalue weighted by atomic mass is 10.1. The van der Waals surface area contributed by atoms with Gasteiger partial charge in [-0.05, 0) is 19.3 Å². The number of aliphatic carboxylic acids is 1. The van der Waals surface area contributed by atoms with E-state index in [1.165, 1.54) is 4.90 Å². The molecule has 4 amide bonds. The maximum absolute atomic E-state index is 12.8. The Bertz CT molecular complexity index is 601. The van der Waals surface area contributed by atoms with Crippen LogP contribution in [0.1, 0.15) is 25.7 Å². The third-order valence-corrected chi connectivity index (χ3v) is 4.50. The summed E-state index contributed by atoms with van der Waals surface area (Å²) in [6, 6.07) is -3.10. The quantitative estimate of drug-likeness (QED) is 0.212. The van der Waals surface area contributed by atoms with Crippen LogP contribution in [0.5, 0.6) is 0 Å². The van der Waals surface area contributed by atoms with Gasteiger partial charge >= 0.3 is 5.97 Å². The van der Waals surface area contributed by atoms with Gasteiger partial charge in [-0.25, -0.2) is 4.79 Å². The molecule has 1 fully saturated rings. The highest BCUT2D eigenvalue weighted by Crippen LogP contribution is 2.20. The molecule has 27 heavy (non-hydrogen) atoms. The number of rotatable bonds is 10. The van der Waals surface area contributed by atoms with E-state index in [-0.39, 0.29) is 31.7 Å². The average molecular weight is 403 g/mol. The summed E-state index contributed by atoms with van der Waals surface area (Å²) in [4.78, 5) is 60.2. The fourth-order valence-corrected chi connectivity index (χ4v) is 3.00. The Morgan fingerprint density at radius 3 is 2.37 bits per heavy atom. The Hall–Kier alpha value is -2.34. The molecule has 152 valence electrons. The molecule has 0 radical (unpaired) electrons. The van der Waals surface area contributed by atoms with Crippen molar-refractivity contribution in [3.8, 4) is 0 Å². The van der Waals surface area contributed by atoms with E-state index in [4.69, 9.17) is 16.6 Å². The molecule has 1 saturated heterocycles. The molecule has 0 aromatic heterocycles.